The first-order chi connectivity index (χ1) is 8.38. The molecule has 0 aromatic rings. The van der Waals surface area contributed by atoms with Crippen LogP contribution in [0, 0.1) is 5.41 Å². The van der Waals surface area contributed by atoms with Crippen molar-refractivity contribution in [2.24, 2.45) is 5.41 Å². The van der Waals surface area contributed by atoms with Crippen molar-refractivity contribution in [2.75, 3.05) is 39.3 Å². The van der Waals surface area contributed by atoms with Crippen LogP contribution in [0.15, 0.2) is 0 Å². The van der Waals surface area contributed by atoms with Crippen molar-refractivity contribution in [3.8, 4) is 0 Å². The molecule has 17 heavy (non-hydrogen) atoms. The van der Waals surface area contributed by atoms with Gasteiger partial charge in [-0.05, 0) is 83.2 Å². The maximum Gasteiger partial charge on any atom is 0.0119 e. The lowest BCUT2D eigenvalue weighted by atomic mass is 9.71. The second kappa shape index (κ2) is 5.25. The van der Waals surface area contributed by atoms with Gasteiger partial charge in [0.05, 0.1) is 0 Å². The van der Waals surface area contributed by atoms with Gasteiger partial charge in [-0.1, -0.05) is 0 Å². The average Bonchev–Trinajstić information content (AvgIpc) is 2.42. The lowest BCUT2D eigenvalue weighted by Crippen LogP contribution is -2.50. The molecule has 0 amide bonds. The first-order valence-corrected chi connectivity index (χ1v) is 7.54. The number of nitrogens with one attached hydrogen (secondary N) is 2. The van der Waals surface area contributed by atoms with E-state index in [0.29, 0.717) is 5.41 Å². The largest absolute Gasteiger partial charge is 0.317 e. The highest BCUT2D eigenvalue weighted by Crippen LogP contribution is 2.40. The molecule has 3 fully saturated rings. The summed E-state index contributed by atoms with van der Waals surface area (Å²) in [6.07, 6.45) is 8.50. The fraction of sp³-hybridized carbons (Fsp3) is 1.00. The zero-order valence-corrected chi connectivity index (χ0v) is 11.0. The minimum atomic E-state index is 0.717. The van der Waals surface area contributed by atoms with E-state index < -0.39 is 0 Å². The Kier molecular flexibility index (Phi) is 3.69. The molecule has 3 aliphatic rings. The molecule has 1 spiro atoms. The number of rotatable bonds is 1. The van der Waals surface area contributed by atoms with Crippen molar-refractivity contribution >= 4 is 0 Å². The highest BCUT2D eigenvalue weighted by molar-refractivity contribution is 4.91. The zero-order chi connectivity index (χ0) is 11.6. The van der Waals surface area contributed by atoms with E-state index in [0.717, 1.165) is 6.04 Å². The van der Waals surface area contributed by atoms with Crippen molar-refractivity contribution in [2.45, 2.75) is 44.6 Å². The van der Waals surface area contributed by atoms with Crippen LogP contribution in [0.2, 0.25) is 0 Å². The normalized spacial score (nSPS) is 31.8. The molecule has 0 aromatic heterocycles. The smallest absolute Gasteiger partial charge is 0.0119 e. The van der Waals surface area contributed by atoms with Crippen LogP contribution < -0.4 is 10.6 Å². The molecule has 3 heteroatoms. The summed E-state index contributed by atoms with van der Waals surface area (Å²) in [4.78, 5) is 2.79. The van der Waals surface area contributed by atoms with Crippen LogP contribution in [0.5, 0.6) is 0 Å². The van der Waals surface area contributed by atoms with Crippen molar-refractivity contribution in [1.29, 1.82) is 0 Å². The summed E-state index contributed by atoms with van der Waals surface area (Å²) in [5, 5.41) is 6.98. The molecule has 3 aliphatic heterocycles. The molecule has 0 aliphatic carbocycles. The van der Waals surface area contributed by atoms with Crippen LogP contribution in [0.4, 0.5) is 0 Å². The van der Waals surface area contributed by atoms with Gasteiger partial charge in [-0.15, -0.1) is 0 Å². The van der Waals surface area contributed by atoms with Gasteiger partial charge in [0, 0.05) is 6.04 Å². The Hall–Kier alpha value is -0.120. The third kappa shape index (κ3) is 2.67. The summed E-state index contributed by atoms with van der Waals surface area (Å²) >= 11 is 0. The number of nitrogens with zero attached hydrogens (tertiary/aromatic N) is 1. The van der Waals surface area contributed by atoms with Gasteiger partial charge in [0.1, 0.15) is 0 Å². The molecule has 2 N–H and O–H groups in total. The molecule has 3 heterocycles. The molecule has 0 atom stereocenters. The molecular formula is C14H27N3. The van der Waals surface area contributed by atoms with E-state index in [1.165, 1.54) is 77.8 Å². The molecular weight excluding hydrogens is 210 g/mol. The van der Waals surface area contributed by atoms with Crippen LogP contribution >= 0.6 is 0 Å². The van der Waals surface area contributed by atoms with E-state index in [-0.39, 0.29) is 0 Å². The monoisotopic (exact) mass is 237 g/mol. The van der Waals surface area contributed by atoms with Gasteiger partial charge >= 0.3 is 0 Å². The summed E-state index contributed by atoms with van der Waals surface area (Å²) < 4.78 is 0. The van der Waals surface area contributed by atoms with Gasteiger partial charge in [-0.2, -0.15) is 0 Å². The highest BCUT2D eigenvalue weighted by Gasteiger charge is 2.37. The van der Waals surface area contributed by atoms with Crippen molar-refractivity contribution in [3.63, 3.8) is 0 Å². The number of hydrogen-bond acceptors (Lipinski definition) is 3. The van der Waals surface area contributed by atoms with Gasteiger partial charge in [0.25, 0.3) is 0 Å². The van der Waals surface area contributed by atoms with Crippen molar-refractivity contribution in [3.05, 3.63) is 0 Å². The van der Waals surface area contributed by atoms with Gasteiger partial charge in [0.2, 0.25) is 0 Å². The summed E-state index contributed by atoms with van der Waals surface area (Å²) in [6.45, 7) is 7.71. The van der Waals surface area contributed by atoms with Crippen LogP contribution in [0.1, 0.15) is 38.5 Å². The van der Waals surface area contributed by atoms with E-state index >= 15 is 0 Å². The number of piperidine rings is 3. The topological polar surface area (TPSA) is 27.3 Å². The molecule has 0 saturated carbocycles. The SMILES string of the molecule is C1CC(N2CCC3(CCNCC3)CC2)CCN1. The van der Waals surface area contributed by atoms with E-state index in [9.17, 15) is 0 Å². The van der Waals surface area contributed by atoms with Crippen LogP contribution in [-0.4, -0.2) is 50.2 Å². The third-order valence-corrected chi connectivity index (χ3v) is 5.35. The maximum absolute atomic E-state index is 3.51. The summed E-state index contributed by atoms with van der Waals surface area (Å²) in [5.74, 6) is 0. The zero-order valence-electron chi connectivity index (χ0n) is 11.0. The predicted octanol–water partition coefficient (Wildman–Crippen LogP) is 1.20. The number of hydrogen-bond donors (Lipinski definition) is 2. The lowest BCUT2D eigenvalue weighted by Gasteiger charge is -2.47. The third-order valence-electron chi connectivity index (χ3n) is 5.35. The number of likely N-dealkylation sites (tertiary alicyclic amines) is 1. The van der Waals surface area contributed by atoms with E-state index in [2.05, 4.69) is 15.5 Å². The van der Waals surface area contributed by atoms with E-state index in [4.69, 9.17) is 0 Å². The predicted molar refractivity (Wildman–Crippen MR) is 71.2 cm³/mol. The average molecular weight is 237 g/mol. The van der Waals surface area contributed by atoms with Gasteiger partial charge in [-0.3, -0.25) is 0 Å². The van der Waals surface area contributed by atoms with Gasteiger partial charge in [-0.25, -0.2) is 0 Å². The van der Waals surface area contributed by atoms with E-state index in [1.807, 2.05) is 0 Å². The molecule has 3 nitrogen and oxygen atoms in total. The second-order valence-electron chi connectivity index (χ2n) is 6.27. The minimum absolute atomic E-state index is 0.717. The minimum Gasteiger partial charge on any atom is -0.317 e. The van der Waals surface area contributed by atoms with Crippen molar-refractivity contribution < 1.29 is 0 Å². The molecule has 0 radical (unpaired) electrons. The molecule has 0 aromatic carbocycles. The molecule has 98 valence electrons. The van der Waals surface area contributed by atoms with Crippen LogP contribution in [-0.2, 0) is 0 Å². The first kappa shape index (κ1) is 11.9. The Labute approximate surface area is 105 Å². The molecule has 3 rings (SSSR count). The second-order valence-corrected chi connectivity index (χ2v) is 6.27. The Bertz CT molecular complexity index is 232. The fourth-order valence-corrected chi connectivity index (χ4v) is 3.99. The Morgan fingerprint density at radius 3 is 2.00 bits per heavy atom. The molecule has 0 unspecified atom stereocenters. The lowest BCUT2D eigenvalue weighted by molar-refractivity contribution is 0.0415. The van der Waals surface area contributed by atoms with Crippen molar-refractivity contribution in [1.82, 2.24) is 15.5 Å². The van der Waals surface area contributed by atoms with Crippen LogP contribution in [0.3, 0.4) is 0 Å². The maximum atomic E-state index is 3.51. The Morgan fingerprint density at radius 1 is 0.765 bits per heavy atom. The quantitative estimate of drug-likeness (QED) is 0.718. The Balaban J connectivity index is 1.52. The standard InChI is InChI=1S/C14H27N3/c1-7-15-8-2-13(1)17-11-5-14(6-12-17)3-9-16-10-4-14/h13,15-16H,1-12H2. The summed E-state index contributed by atoms with van der Waals surface area (Å²) in [6, 6.07) is 0.885. The molecule has 3 saturated heterocycles. The highest BCUT2D eigenvalue weighted by atomic mass is 15.2. The van der Waals surface area contributed by atoms with Gasteiger partial charge < -0.3 is 15.5 Å². The van der Waals surface area contributed by atoms with E-state index in [1.54, 1.807) is 0 Å². The fourth-order valence-electron chi connectivity index (χ4n) is 3.99. The summed E-state index contributed by atoms with van der Waals surface area (Å²) in [5.41, 5.74) is 0.717. The summed E-state index contributed by atoms with van der Waals surface area (Å²) in [7, 11) is 0. The first-order valence-electron chi connectivity index (χ1n) is 7.54. The van der Waals surface area contributed by atoms with Gasteiger partial charge in [0.15, 0.2) is 0 Å². The van der Waals surface area contributed by atoms with Crippen LogP contribution in [0.25, 0.3) is 0 Å². The Morgan fingerprint density at radius 2 is 1.35 bits per heavy atom. The molecule has 0 bridgehead atoms.